The second kappa shape index (κ2) is 8.15. The summed E-state index contributed by atoms with van der Waals surface area (Å²) in [5.74, 6) is 0.0479. The lowest BCUT2D eigenvalue weighted by atomic mass is 10.1. The Hall–Kier alpha value is -3.80. The van der Waals surface area contributed by atoms with Crippen LogP contribution in [0.3, 0.4) is 0 Å². The van der Waals surface area contributed by atoms with Gasteiger partial charge in [-0.3, -0.25) is 18.8 Å². The fraction of sp³-hybridized carbons (Fsp3) is 0.167. The Morgan fingerprint density at radius 1 is 1.11 bits per heavy atom. The molecule has 1 fully saturated rings. The maximum absolute atomic E-state index is 14.7. The molecule has 1 aromatic carbocycles. The van der Waals surface area contributed by atoms with E-state index >= 15 is 0 Å². The summed E-state index contributed by atoms with van der Waals surface area (Å²) in [7, 11) is 1.87. The zero-order valence-electron chi connectivity index (χ0n) is 18.6. The monoisotopic (exact) mass is 489 g/mol. The third kappa shape index (κ3) is 3.93. The molecule has 1 saturated carbocycles. The van der Waals surface area contributed by atoms with Crippen LogP contribution >= 0.6 is 0 Å². The Bertz CT molecular complexity index is 1610. The molecule has 1 aliphatic carbocycles. The van der Waals surface area contributed by atoms with E-state index < -0.39 is 22.6 Å². The number of pyridine rings is 2. The molecule has 1 aliphatic rings. The minimum absolute atomic E-state index is 0.182. The molecule has 9 nitrogen and oxygen atoms in total. The van der Waals surface area contributed by atoms with E-state index in [9.17, 15) is 13.2 Å². The van der Waals surface area contributed by atoms with Crippen LogP contribution in [0.15, 0.2) is 67.4 Å². The first-order valence-electron chi connectivity index (χ1n) is 10.9. The number of halogens is 1. The predicted octanol–water partition coefficient (Wildman–Crippen LogP) is 3.74. The molecule has 5 aromatic rings. The summed E-state index contributed by atoms with van der Waals surface area (Å²) in [6, 6.07) is 12.3. The highest BCUT2D eigenvalue weighted by atomic mass is 32.2. The number of hydrogen-bond donors (Lipinski definition) is 2. The van der Waals surface area contributed by atoms with Gasteiger partial charge >= 0.3 is 0 Å². The minimum atomic E-state index is -2.22. The Balaban J connectivity index is 1.50. The van der Waals surface area contributed by atoms with Crippen LogP contribution in [-0.2, 0) is 23.9 Å². The lowest BCUT2D eigenvalue weighted by Crippen LogP contribution is -2.31. The maximum atomic E-state index is 14.7. The van der Waals surface area contributed by atoms with E-state index in [4.69, 9.17) is 4.98 Å². The maximum Gasteiger partial charge on any atom is 0.232 e. The van der Waals surface area contributed by atoms with Crippen molar-refractivity contribution >= 4 is 22.3 Å². The minimum Gasteiger partial charge on any atom is -0.294 e. The van der Waals surface area contributed by atoms with Gasteiger partial charge in [-0.05, 0) is 54.8 Å². The Morgan fingerprint density at radius 3 is 2.69 bits per heavy atom. The quantitative estimate of drug-likeness (QED) is 0.352. The fourth-order valence-corrected chi connectivity index (χ4v) is 4.91. The van der Waals surface area contributed by atoms with Crippen LogP contribution in [0.25, 0.3) is 39.2 Å². The van der Waals surface area contributed by atoms with Gasteiger partial charge in [0.15, 0.2) is 0 Å². The van der Waals surface area contributed by atoms with Crippen molar-refractivity contribution in [2.24, 2.45) is 7.05 Å². The summed E-state index contributed by atoms with van der Waals surface area (Å²) in [5, 5.41) is 4.23. The molecule has 0 radical (unpaired) electrons. The number of benzene rings is 1. The van der Waals surface area contributed by atoms with Gasteiger partial charge in [-0.2, -0.15) is 5.10 Å². The largest absolute Gasteiger partial charge is 0.294 e. The molecule has 2 N–H and O–H groups in total. The van der Waals surface area contributed by atoms with E-state index in [-0.39, 0.29) is 5.69 Å². The normalized spacial score (nSPS) is 15.4. The lowest BCUT2D eigenvalue weighted by molar-refractivity contribution is 0.518. The molecule has 0 bridgehead atoms. The molecule has 0 saturated heterocycles. The topological polar surface area (TPSA) is 111 Å². The van der Waals surface area contributed by atoms with E-state index in [0.717, 1.165) is 22.2 Å². The van der Waals surface area contributed by atoms with Gasteiger partial charge in [-0.1, -0.05) is 6.07 Å². The molecule has 35 heavy (non-hydrogen) atoms. The van der Waals surface area contributed by atoms with Gasteiger partial charge in [0.25, 0.3) is 0 Å². The molecule has 6 rings (SSSR count). The van der Waals surface area contributed by atoms with Gasteiger partial charge in [-0.15, -0.1) is 0 Å². The van der Waals surface area contributed by atoms with Crippen molar-refractivity contribution in [2.75, 3.05) is 0 Å². The predicted molar refractivity (Wildman–Crippen MR) is 129 cm³/mol. The Labute approximate surface area is 202 Å². The first-order chi connectivity index (χ1) is 16.9. The summed E-state index contributed by atoms with van der Waals surface area (Å²) in [6.07, 6.45) is 8.20. The summed E-state index contributed by atoms with van der Waals surface area (Å²) in [6.45, 7) is 0. The van der Waals surface area contributed by atoms with E-state index in [0.29, 0.717) is 29.9 Å². The second-order valence-electron chi connectivity index (χ2n) is 8.59. The molecule has 1 atom stereocenters. The van der Waals surface area contributed by atoms with Crippen LogP contribution < -0.4 is 4.72 Å². The fourth-order valence-electron chi connectivity index (χ4n) is 4.27. The van der Waals surface area contributed by atoms with Crippen molar-refractivity contribution < 1.29 is 13.2 Å². The third-order valence-corrected chi connectivity index (χ3v) is 6.76. The number of fused-ring (bicyclic) bond motifs is 1. The Morgan fingerprint density at radius 2 is 1.97 bits per heavy atom. The summed E-state index contributed by atoms with van der Waals surface area (Å²) in [4.78, 5) is 13.6. The van der Waals surface area contributed by atoms with Crippen molar-refractivity contribution in [1.82, 2.24) is 34.0 Å². The molecule has 0 aliphatic heterocycles. The highest BCUT2D eigenvalue weighted by Gasteiger charge is 2.47. The molecular formula is C24H20FN7O2S. The van der Waals surface area contributed by atoms with E-state index in [1.807, 2.05) is 36.0 Å². The standard InChI is InChI=1S/C24H20FN7O2S/c1-31-13-17(12-28-31)15-4-5-20-19(9-15)27-14-32(20)22-11-16(23-18(25)3-2-8-26-23)10-21(29-22)24(6-7-24)30-35(33)34/h2-5,8-14,30H,6-7H2,1H3,(H,33,34). The van der Waals surface area contributed by atoms with Crippen molar-refractivity contribution in [3.05, 3.63) is 78.9 Å². The molecule has 1 unspecified atom stereocenters. The number of rotatable bonds is 6. The number of hydrogen-bond acceptors (Lipinski definition) is 5. The van der Waals surface area contributed by atoms with E-state index in [2.05, 4.69) is 19.8 Å². The van der Waals surface area contributed by atoms with Crippen molar-refractivity contribution in [3.63, 3.8) is 0 Å². The van der Waals surface area contributed by atoms with Gasteiger partial charge in [0.05, 0.1) is 28.5 Å². The average molecular weight is 490 g/mol. The highest BCUT2D eigenvalue weighted by Crippen LogP contribution is 2.46. The molecule has 11 heteroatoms. The van der Waals surface area contributed by atoms with Gasteiger partial charge in [0, 0.05) is 30.6 Å². The SMILES string of the molecule is Cn1cc(-c2ccc3c(c2)ncn3-c2cc(-c3ncccc3F)cc(C3(NS(=O)O)CC3)n2)cn1. The summed E-state index contributed by atoms with van der Waals surface area (Å²) >= 11 is -2.22. The number of nitrogens with zero attached hydrogens (tertiary/aromatic N) is 6. The lowest BCUT2D eigenvalue weighted by Gasteiger charge is -2.17. The molecule has 0 spiro atoms. The Kier molecular flexibility index (Phi) is 5.06. The first kappa shape index (κ1) is 21.7. The molecule has 4 heterocycles. The number of imidazole rings is 1. The van der Waals surface area contributed by atoms with Crippen LogP contribution in [0, 0.1) is 5.82 Å². The zero-order chi connectivity index (χ0) is 24.2. The number of aryl methyl sites for hydroxylation is 1. The van der Waals surface area contributed by atoms with Crippen molar-refractivity contribution in [1.29, 1.82) is 0 Å². The highest BCUT2D eigenvalue weighted by molar-refractivity contribution is 7.77. The summed E-state index contributed by atoms with van der Waals surface area (Å²) < 4.78 is 41.9. The van der Waals surface area contributed by atoms with Crippen LogP contribution in [0.4, 0.5) is 4.39 Å². The van der Waals surface area contributed by atoms with Gasteiger partial charge in [0.2, 0.25) is 11.3 Å². The zero-order valence-corrected chi connectivity index (χ0v) is 19.4. The number of nitrogens with one attached hydrogen (secondary N) is 1. The van der Waals surface area contributed by atoms with Crippen LogP contribution in [0.5, 0.6) is 0 Å². The van der Waals surface area contributed by atoms with Gasteiger partial charge < -0.3 is 0 Å². The first-order valence-corrected chi connectivity index (χ1v) is 12.0. The van der Waals surface area contributed by atoms with E-state index in [1.54, 1.807) is 29.3 Å². The van der Waals surface area contributed by atoms with Crippen LogP contribution in [0.2, 0.25) is 0 Å². The van der Waals surface area contributed by atoms with Crippen LogP contribution in [0.1, 0.15) is 18.5 Å². The molecule has 0 amide bonds. The van der Waals surface area contributed by atoms with Crippen LogP contribution in [-0.4, -0.2) is 38.1 Å². The third-order valence-electron chi connectivity index (χ3n) is 6.20. The molecule has 176 valence electrons. The average Bonchev–Trinajstić information content (AvgIpc) is 3.29. The van der Waals surface area contributed by atoms with Gasteiger partial charge in [-0.25, -0.2) is 23.3 Å². The summed E-state index contributed by atoms with van der Waals surface area (Å²) in [5.41, 5.74) is 4.05. The van der Waals surface area contributed by atoms with E-state index in [1.165, 1.54) is 18.3 Å². The second-order valence-corrected chi connectivity index (χ2v) is 9.29. The smallest absolute Gasteiger partial charge is 0.232 e. The molecular weight excluding hydrogens is 469 g/mol. The van der Waals surface area contributed by atoms with Crippen molar-refractivity contribution in [2.45, 2.75) is 18.4 Å². The molecule has 4 aromatic heterocycles. The number of aromatic nitrogens is 6. The van der Waals surface area contributed by atoms with Crippen molar-refractivity contribution in [3.8, 4) is 28.2 Å². The van der Waals surface area contributed by atoms with Gasteiger partial charge in [0.1, 0.15) is 23.7 Å².